The van der Waals surface area contributed by atoms with E-state index in [1.165, 1.54) is 0 Å². The predicted molar refractivity (Wildman–Crippen MR) is 87.7 cm³/mol. The Balaban J connectivity index is 1.67. The van der Waals surface area contributed by atoms with Crippen LogP contribution in [0.2, 0.25) is 0 Å². The minimum absolute atomic E-state index is 0.428. The van der Waals surface area contributed by atoms with Crippen LogP contribution >= 0.6 is 0 Å². The number of hydrogen-bond donors (Lipinski definition) is 1. The fraction of sp³-hybridized carbons (Fsp3) is 0.444. The number of methoxy groups -OCH3 is 1. The molecule has 0 radical (unpaired) electrons. The topological polar surface area (TPSA) is 58.5 Å². The summed E-state index contributed by atoms with van der Waals surface area (Å²) in [6.45, 7) is 4.74. The summed E-state index contributed by atoms with van der Waals surface area (Å²) in [5.74, 6) is 0.689. The van der Waals surface area contributed by atoms with Gasteiger partial charge in [-0.05, 0) is 24.5 Å². The lowest BCUT2D eigenvalue weighted by atomic mass is 9.89. The van der Waals surface area contributed by atoms with Crippen LogP contribution in [-0.4, -0.2) is 40.2 Å². The van der Waals surface area contributed by atoms with Crippen LogP contribution in [0.15, 0.2) is 36.7 Å². The maximum absolute atomic E-state index is 11.0. The Labute approximate surface area is 137 Å². The molecule has 3 rings (SSSR count). The number of benzene rings is 1. The van der Waals surface area contributed by atoms with Gasteiger partial charge in [0.15, 0.2) is 5.82 Å². The average molecular weight is 313 g/mol. The molecule has 0 saturated carbocycles. The number of β-amino-alcohol motifs (C(OH)–C–C–N with tert-alkyl or cyclic N) is 1. The normalized spacial score (nSPS) is 21.7. The van der Waals surface area contributed by atoms with Crippen molar-refractivity contribution in [3.63, 3.8) is 0 Å². The molecule has 0 spiro atoms. The number of aromatic nitrogens is 2. The van der Waals surface area contributed by atoms with Crippen LogP contribution in [0, 0.1) is 6.92 Å². The molecule has 1 aromatic heterocycles. The molecule has 2 heterocycles. The number of hydrogen-bond acceptors (Lipinski definition) is 5. The third-order valence-corrected chi connectivity index (χ3v) is 4.41. The van der Waals surface area contributed by atoms with Gasteiger partial charge < -0.3 is 9.84 Å². The number of aliphatic hydroxyl groups is 1. The van der Waals surface area contributed by atoms with E-state index in [9.17, 15) is 5.11 Å². The Morgan fingerprint density at radius 3 is 2.70 bits per heavy atom. The predicted octanol–water partition coefficient (Wildman–Crippen LogP) is 2.02. The molecule has 1 aliphatic rings. The molecule has 0 amide bonds. The molecule has 1 atom stereocenters. The molecule has 1 saturated heterocycles. The zero-order chi connectivity index (χ0) is 16.3. The number of likely N-dealkylation sites (tertiary alicyclic amines) is 1. The SMILES string of the molecule is COCc1ncc(CN2CC[C@](O)(c3ccccc3C)C2)cn1. The minimum Gasteiger partial charge on any atom is -0.384 e. The summed E-state index contributed by atoms with van der Waals surface area (Å²) < 4.78 is 5.02. The molecule has 1 aliphatic heterocycles. The molecule has 2 aromatic rings. The highest BCUT2D eigenvalue weighted by molar-refractivity contribution is 5.32. The molecule has 0 unspecified atom stereocenters. The first kappa shape index (κ1) is 16.1. The van der Waals surface area contributed by atoms with Gasteiger partial charge in [0.2, 0.25) is 0 Å². The van der Waals surface area contributed by atoms with E-state index in [1.807, 2.05) is 30.6 Å². The number of nitrogens with zero attached hydrogens (tertiary/aromatic N) is 3. The number of aryl methyl sites for hydroxylation is 1. The van der Waals surface area contributed by atoms with Crippen molar-refractivity contribution in [1.82, 2.24) is 14.9 Å². The first-order valence-corrected chi connectivity index (χ1v) is 7.90. The summed E-state index contributed by atoms with van der Waals surface area (Å²) in [7, 11) is 1.63. The summed E-state index contributed by atoms with van der Waals surface area (Å²) >= 11 is 0. The van der Waals surface area contributed by atoms with Gasteiger partial charge in [0.1, 0.15) is 12.2 Å². The van der Waals surface area contributed by atoms with Crippen molar-refractivity contribution in [2.75, 3.05) is 20.2 Å². The van der Waals surface area contributed by atoms with E-state index < -0.39 is 5.60 Å². The van der Waals surface area contributed by atoms with E-state index in [1.54, 1.807) is 7.11 Å². The standard InChI is InChI=1S/C18H23N3O2/c1-14-5-3-4-6-16(14)18(22)7-8-21(13-18)11-15-9-19-17(12-23-2)20-10-15/h3-6,9-10,22H,7-8,11-13H2,1-2H3/t18-/m1/s1. The van der Waals surface area contributed by atoms with Gasteiger partial charge >= 0.3 is 0 Å². The Morgan fingerprint density at radius 2 is 2.00 bits per heavy atom. The van der Waals surface area contributed by atoms with E-state index in [0.717, 1.165) is 36.2 Å². The van der Waals surface area contributed by atoms with Crippen molar-refractivity contribution in [2.45, 2.75) is 32.1 Å². The smallest absolute Gasteiger partial charge is 0.153 e. The van der Waals surface area contributed by atoms with Crippen LogP contribution in [0.3, 0.4) is 0 Å². The maximum atomic E-state index is 11.0. The highest BCUT2D eigenvalue weighted by Crippen LogP contribution is 2.34. The summed E-state index contributed by atoms with van der Waals surface area (Å²) in [6, 6.07) is 8.08. The zero-order valence-electron chi connectivity index (χ0n) is 13.7. The summed E-state index contributed by atoms with van der Waals surface area (Å²) in [5.41, 5.74) is 2.47. The molecular weight excluding hydrogens is 290 g/mol. The van der Waals surface area contributed by atoms with Crippen molar-refractivity contribution in [2.24, 2.45) is 0 Å². The van der Waals surface area contributed by atoms with E-state index in [2.05, 4.69) is 27.9 Å². The Morgan fingerprint density at radius 1 is 1.26 bits per heavy atom. The van der Waals surface area contributed by atoms with Gasteiger partial charge in [-0.1, -0.05) is 24.3 Å². The fourth-order valence-electron chi connectivity index (χ4n) is 3.25. The highest BCUT2D eigenvalue weighted by atomic mass is 16.5. The van der Waals surface area contributed by atoms with Crippen LogP contribution in [0.4, 0.5) is 0 Å². The van der Waals surface area contributed by atoms with Gasteiger partial charge in [-0.25, -0.2) is 9.97 Å². The monoisotopic (exact) mass is 313 g/mol. The third kappa shape index (κ3) is 3.58. The third-order valence-electron chi connectivity index (χ3n) is 4.41. The van der Waals surface area contributed by atoms with Crippen LogP contribution in [-0.2, 0) is 23.5 Å². The molecular formula is C18H23N3O2. The van der Waals surface area contributed by atoms with E-state index in [0.29, 0.717) is 19.0 Å². The van der Waals surface area contributed by atoms with Gasteiger partial charge in [-0.3, -0.25) is 4.90 Å². The lowest BCUT2D eigenvalue weighted by molar-refractivity contribution is 0.0446. The maximum Gasteiger partial charge on any atom is 0.153 e. The van der Waals surface area contributed by atoms with Crippen LogP contribution in [0.1, 0.15) is 28.9 Å². The van der Waals surface area contributed by atoms with E-state index >= 15 is 0 Å². The lowest BCUT2D eigenvalue weighted by Crippen LogP contribution is -2.31. The zero-order valence-corrected chi connectivity index (χ0v) is 13.7. The van der Waals surface area contributed by atoms with E-state index in [-0.39, 0.29) is 0 Å². The minimum atomic E-state index is -0.762. The summed E-state index contributed by atoms with van der Waals surface area (Å²) in [6.07, 6.45) is 4.43. The Hall–Kier alpha value is -1.82. The number of rotatable bonds is 5. The van der Waals surface area contributed by atoms with Crippen molar-refractivity contribution in [3.05, 3.63) is 59.2 Å². The largest absolute Gasteiger partial charge is 0.384 e. The molecule has 1 aromatic carbocycles. The van der Waals surface area contributed by atoms with Crippen molar-refractivity contribution < 1.29 is 9.84 Å². The van der Waals surface area contributed by atoms with Gasteiger partial charge in [-0.15, -0.1) is 0 Å². The number of ether oxygens (including phenoxy) is 1. The van der Waals surface area contributed by atoms with Gasteiger partial charge in [0.25, 0.3) is 0 Å². The van der Waals surface area contributed by atoms with Crippen molar-refractivity contribution in [3.8, 4) is 0 Å². The molecule has 1 N–H and O–H groups in total. The Bertz CT molecular complexity index is 660. The molecule has 23 heavy (non-hydrogen) atoms. The summed E-state index contributed by atoms with van der Waals surface area (Å²) in [5, 5.41) is 11.0. The molecule has 1 fully saturated rings. The first-order valence-electron chi connectivity index (χ1n) is 7.90. The van der Waals surface area contributed by atoms with Crippen molar-refractivity contribution >= 4 is 0 Å². The summed E-state index contributed by atoms with van der Waals surface area (Å²) in [4.78, 5) is 10.8. The van der Waals surface area contributed by atoms with Crippen molar-refractivity contribution in [1.29, 1.82) is 0 Å². The second-order valence-corrected chi connectivity index (χ2v) is 6.25. The molecule has 5 nitrogen and oxygen atoms in total. The van der Waals surface area contributed by atoms with Gasteiger partial charge in [-0.2, -0.15) is 0 Å². The second-order valence-electron chi connectivity index (χ2n) is 6.25. The van der Waals surface area contributed by atoms with Crippen LogP contribution in [0.25, 0.3) is 0 Å². The highest BCUT2D eigenvalue weighted by Gasteiger charge is 2.38. The molecule has 5 heteroatoms. The first-order chi connectivity index (χ1) is 11.1. The van der Waals surface area contributed by atoms with Crippen LogP contribution in [0.5, 0.6) is 0 Å². The fourth-order valence-corrected chi connectivity index (χ4v) is 3.25. The molecule has 0 bridgehead atoms. The average Bonchev–Trinajstić information content (AvgIpc) is 2.92. The second kappa shape index (κ2) is 6.74. The van der Waals surface area contributed by atoms with E-state index in [4.69, 9.17) is 4.74 Å². The van der Waals surface area contributed by atoms with Crippen LogP contribution < -0.4 is 0 Å². The van der Waals surface area contributed by atoms with Gasteiger partial charge in [0.05, 0.1) is 0 Å². The molecule has 0 aliphatic carbocycles. The molecule has 122 valence electrons. The lowest BCUT2D eigenvalue weighted by Gasteiger charge is -2.25. The van der Waals surface area contributed by atoms with Gasteiger partial charge in [0, 0.05) is 44.7 Å². The Kier molecular flexibility index (Phi) is 4.71. The quantitative estimate of drug-likeness (QED) is 0.915.